The van der Waals surface area contributed by atoms with E-state index >= 15 is 0 Å². The molecular formula is C10H18N2O4S. The van der Waals surface area contributed by atoms with Gasteiger partial charge in [0, 0.05) is 25.6 Å². The van der Waals surface area contributed by atoms with Crippen LogP contribution in [0.4, 0.5) is 0 Å². The molecule has 2 N–H and O–H groups in total. The van der Waals surface area contributed by atoms with Crippen molar-refractivity contribution < 1.29 is 17.9 Å². The maximum Gasteiger partial charge on any atom is 0.221 e. The quantitative estimate of drug-likeness (QED) is 0.658. The first-order chi connectivity index (χ1) is 8.05. The highest BCUT2D eigenvalue weighted by Crippen LogP contribution is 2.07. The number of hydrogen-bond acceptors (Lipinski definition) is 5. The number of ether oxygens (including phenoxy) is 1. The van der Waals surface area contributed by atoms with E-state index in [0.717, 1.165) is 6.42 Å². The average Bonchev–Trinajstić information content (AvgIpc) is 2.68. The van der Waals surface area contributed by atoms with E-state index in [1.165, 1.54) is 0 Å². The molecule has 0 aromatic rings. The number of amides is 1. The standard InChI is InChI=1S/C10H18N2O4S/c13-10(12-8-1-3-16-6-8)5-9-7-17(14,15)4-2-11-9/h8-9,11H,1-7H2,(H,12,13). The normalized spacial score (nSPS) is 32.2. The van der Waals surface area contributed by atoms with Crippen molar-refractivity contribution in [3.63, 3.8) is 0 Å². The molecule has 2 atom stereocenters. The van der Waals surface area contributed by atoms with Crippen molar-refractivity contribution in [3.05, 3.63) is 0 Å². The summed E-state index contributed by atoms with van der Waals surface area (Å²) in [4.78, 5) is 11.7. The third-order valence-corrected chi connectivity index (χ3v) is 4.76. The Morgan fingerprint density at radius 2 is 2.29 bits per heavy atom. The van der Waals surface area contributed by atoms with E-state index in [2.05, 4.69) is 10.6 Å². The fourth-order valence-corrected chi connectivity index (χ4v) is 3.60. The van der Waals surface area contributed by atoms with Crippen LogP contribution in [-0.2, 0) is 19.4 Å². The fraction of sp³-hybridized carbons (Fsp3) is 0.900. The van der Waals surface area contributed by atoms with Crippen molar-refractivity contribution in [3.8, 4) is 0 Å². The molecule has 1 amide bonds. The molecule has 6 nitrogen and oxygen atoms in total. The summed E-state index contributed by atoms with van der Waals surface area (Å²) in [5, 5.41) is 5.91. The Labute approximate surface area is 101 Å². The summed E-state index contributed by atoms with van der Waals surface area (Å²) < 4.78 is 27.9. The van der Waals surface area contributed by atoms with Gasteiger partial charge in [0.15, 0.2) is 9.84 Å². The summed E-state index contributed by atoms with van der Waals surface area (Å²) >= 11 is 0. The second-order valence-electron chi connectivity index (χ2n) is 4.60. The van der Waals surface area contributed by atoms with Crippen molar-refractivity contribution in [2.75, 3.05) is 31.3 Å². The van der Waals surface area contributed by atoms with Crippen molar-refractivity contribution in [2.45, 2.75) is 24.9 Å². The van der Waals surface area contributed by atoms with E-state index in [4.69, 9.17) is 4.74 Å². The minimum absolute atomic E-state index is 0.0571. The van der Waals surface area contributed by atoms with Crippen LogP contribution in [0.5, 0.6) is 0 Å². The van der Waals surface area contributed by atoms with Crippen molar-refractivity contribution in [1.29, 1.82) is 0 Å². The predicted octanol–water partition coefficient (Wildman–Crippen LogP) is -1.33. The zero-order valence-electron chi connectivity index (χ0n) is 9.65. The van der Waals surface area contributed by atoms with Gasteiger partial charge >= 0.3 is 0 Å². The highest BCUT2D eigenvalue weighted by atomic mass is 32.2. The molecule has 0 bridgehead atoms. The monoisotopic (exact) mass is 262 g/mol. The minimum atomic E-state index is -2.97. The Bertz CT molecular complexity index is 376. The van der Waals surface area contributed by atoms with Crippen molar-refractivity contribution in [2.24, 2.45) is 0 Å². The Morgan fingerprint density at radius 1 is 1.47 bits per heavy atom. The number of hydrogen-bond donors (Lipinski definition) is 2. The van der Waals surface area contributed by atoms with Crippen LogP contribution in [0.25, 0.3) is 0 Å². The van der Waals surface area contributed by atoms with E-state index in [1.807, 2.05) is 0 Å². The van der Waals surface area contributed by atoms with Crippen LogP contribution in [0.3, 0.4) is 0 Å². The van der Waals surface area contributed by atoms with E-state index in [0.29, 0.717) is 19.8 Å². The van der Waals surface area contributed by atoms with Gasteiger partial charge in [0.25, 0.3) is 0 Å². The lowest BCUT2D eigenvalue weighted by Crippen LogP contribution is -2.48. The van der Waals surface area contributed by atoms with Crippen LogP contribution < -0.4 is 10.6 Å². The Hall–Kier alpha value is -0.660. The third kappa shape index (κ3) is 3.93. The lowest BCUT2D eigenvalue weighted by atomic mass is 10.2. The van der Waals surface area contributed by atoms with Gasteiger partial charge in [-0.25, -0.2) is 8.42 Å². The zero-order valence-corrected chi connectivity index (χ0v) is 10.5. The molecule has 0 aromatic carbocycles. The van der Waals surface area contributed by atoms with E-state index in [1.54, 1.807) is 0 Å². The Balaban J connectivity index is 1.77. The van der Waals surface area contributed by atoms with Gasteiger partial charge in [-0.1, -0.05) is 0 Å². The molecule has 17 heavy (non-hydrogen) atoms. The summed E-state index contributed by atoms with van der Waals surface area (Å²) in [6.07, 6.45) is 1.05. The highest BCUT2D eigenvalue weighted by Gasteiger charge is 2.27. The van der Waals surface area contributed by atoms with Gasteiger partial charge in [-0.05, 0) is 6.42 Å². The maximum absolute atomic E-state index is 11.7. The topological polar surface area (TPSA) is 84.5 Å². The third-order valence-electron chi connectivity index (χ3n) is 3.03. The first-order valence-electron chi connectivity index (χ1n) is 5.86. The zero-order chi connectivity index (χ0) is 12.3. The van der Waals surface area contributed by atoms with E-state index in [9.17, 15) is 13.2 Å². The summed E-state index contributed by atoms with van der Waals surface area (Å²) in [6, 6.07) is -0.168. The Kier molecular flexibility index (Phi) is 4.01. The number of carbonyl (C=O) groups excluding carboxylic acids is 1. The lowest BCUT2D eigenvalue weighted by molar-refractivity contribution is -0.122. The molecule has 2 aliphatic rings. The van der Waals surface area contributed by atoms with Gasteiger partial charge in [0.1, 0.15) is 0 Å². The first kappa shape index (κ1) is 12.8. The molecule has 0 saturated carbocycles. The fourth-order valence-electron chi connectivity index (χ4n) is 2.16. The molecule has 2 heterocycles. The largest absolute Gasteiger partial charge is 0.379 e. The van der Waals surface area contributed by atoms with E-state index < -0.39 is 9.84 Å². The SMILES string of the molecule is O=C(CC1CS(=O)(=O)CCN1)NC1CCOC1. The second-order valence-corrected chi connectivity index (χ2v) is 6.83. The van der Waals surface area contributed by atoms with Gasteiger partial charge in [-0.3, -0.25) is 4.79 Å². The molecule has 0 radical (unpaired) electrons. The number of nitrogens with one attached hydrogen (secondary N) is 2. The molecule has 0 spiro atoms. The molecule has 7 heteroatoms. The summed E-state index contributed by atoms with van der Waals surface area (Å²) in [5.74, 6) is 0.124. The molecule has 0 aliphatic carbocycles. The molecule has 0 aromatic heterocycles. The van der Waals surface area contributed by atoms with E-state index in [-0.39, 0.29) is 35.9 Å². The summed E-state index contributed by atoms with van der Waals surface area (Å²) in [6.45, 7) is 1.68. The molecule has 2 aliphatic heterocycles. The summed E-state index contributed by atoms with van der Waals surface area (Å²) in [5.41, 5.74) is 0. The highest BCUT2D eigenvalue weighted by molar-refractivity contribution is 7.91. The molecule has 2 unspecified atom stereocenters. The number of rotatable bonds is 3. The van der Waals surface area contributed by atoms with Crippen LogP contribution >= 0.6 is 0 Å². The second kappa shape index (κ2) is 5.32. The van der Waals surface area contributed by atoms with Crippen molar-refractivity contribution >= 4 is 15.7 Å². The predicted molar refractivity (Wildman–Crippen MR) is 62.4 cm³/mol. The number of carbonyl (C=O) groups is 1. The van der Waals surface area contributed by atoms with Crippen LogP contribution in [0.2, 0.25) is 0 Å². The van der Waals surface area contributed by atoms with Crippen molar-refractivity contribution in [1.82, 2.24) is 10.6 Å². The Morgan fingerprint density at radius 3 is 2.94 bits per heavy atom. The molecule has 98 valence electrons. The van der Waals surface area contributed by atoms with Crippen LogP contribution in [-0.4, -0.2) is 57.7 Å². The summed E-state index contributed by atoms with van der Waals surface area (Å²) in [7, 11) is -2.97. The molecule has 2 rings (SSSR count). The van der Waals surface area contributed by atoms with Gasteiger partial charge in [-0.15, -0.1) is 0 Å². The average molecular weight is 262 g/mol. The lowest BCUT2D eigenvalue weighted by Gasteiger charge is -2.23. The van der Waals surface area contributed by atoms with Crippen LogP contribution in [0, 0.1) is 0 Å². The molecule has 2 fully saturated rings. The van der Waals surface area contributed by atoms with Crippen LogP contribution in [0.1, 0.15) is 12.8 Å². The first-order valence-corrected chi connectivity index (χ1v) is 7.68. The van der Waals surface area contributed by atoms with Gasteiger partial charge in [-0.2, -0.15) is 0 Å². The van der Waals surface area contributed by atoms with Gasteiger partial charge in [0.05, 0.1) is 24.2 Å². The van der Waals surface area contributed by atoms with Crippen LogP contribution in [0.15, 0.2) is 0 Å². The molecular weight excluding hydrogens is 244 g/mol. The van der Waals surface area contributed by atoms with Gasteiger partial charge < -0.3 is 15.4 Å². The minimum Gasteiger partial charge on any atom is -0.379 e. The number of sulfone groups is 1. The van der Waals surface area contributed by atoms with Gasteiger partial charge in [0.2, 0.25) is 5.91 Å². The molecule has 2 saturated heterocycles. The maximum atomic E-state index is 11.7. The smallest absolute Gasteiger partial charge is 0.221 e.